The van der Waals surface area contributed by atoms with Crippen LogP contribution in [0.3, 0.4) is 0 Å². The molecule has 2 amide bonds. The number of amides is 2. The maximum absolute atomic E-state index is 13.8. The number of hydrogen-bond donors (Lipinski definition) is 0. The van der Waals surface area contributed by atoms with Crippen LogP contribution in [-0.2, 0) is 9.59 Å². The first-order valence-corrected chi connectivity index (χ1v) is 9.28. The van der Waals surface area contributed by atoms with Crippen molar-refractivity contribution in [3.63, 3.8) is 0 Å². The van der Waals surface area contributed by atoms with Crippen molar-refractivity contribution in [3.8, 4) is 0 Å². The number of benzene rings is 2. The number of carbonyl (C=O) groups excluding carboxylic acids is 2. The van der Waals surface area contributed by atoms with Crippen LogP contribution in [0.4, 0.5) is 20.2 Å². The van der Waals surface area contributed by atoms with Gasteiger partial charge in [-0.2, -0.15) is 0 Å². The van der Waals surface area contributed by atoms with E-state index in [9.17, 15) is 18.4 Å². The molecule has 1 aliphatic rings. The van der Waals surface area contributed by atoms with E-state index in [1.807, 2.05) is 0 Å². The number of thiocarbonyl (C=S) groups is 1. The molecule has 0 aliphatic carbocycles. The number of aryl methyl sites for hydroxylation is 1. The van der Waals surface area contributed by atoms with Gasteiger partial charge in [-0.15, -0.1) is 0 Å². The van der Waals surface area contributed by atoms with Crippen molar-refractivity contribution in [2.24, 2.45) is 0 Å². The van der Waals surface area contributed by atoms with Gasteiger partial charge in [0, 0.05) is 0 Å². The second-order valence-corrected chi connectivity index (χ2v) is 6.90. The van der Waals surface area contributed by atoms with Crippen LogP contribution in [0.2, 0.25) is 0 Å². The Balaban J connectivity index is 1.88. The second-order valence-electron chi connectivity index (χ2n) is 6.53. The summed E-state index contributed by atoms with van der Waals surface area (Å²) in [6.07, 6.45) is 1.29. The lowest BCUT2D eigenvalue weighted by Gasteiger charge is -2.36. The molecule has 3 aromatic rings. The van der Waals surface area contributed by atoms with Crippen molar-refractivity contribution in [1.82, 2.24) is 0 Å². The van der Waals surface area contributed by atoms with Gasteiger partial charge in [0.25, 0.3) is 11.8 Å². The van der Waals surface area contributed by atoms with E-state index in [4.69, 9.17) is 16.6 Å². The maximum atomic E-state index is 13.8. The van der Waals surface area contributed by atoms with Crippen molar-refractivity contribution in [2.75, 3.05) is 9.80 Å². The van der Waals surface area contributed by atoms with Crippen molar-refractivity contribution in [2.45, 2.75) is 6.92 Å². The lowest BCUT2D eigenvalue weighted by Crippen LogP contribution is -2.57. The number of halogens is 2. The monoisotopic (exact) mass is 424 g/mol. The zero-order chi connectivity index (χ0) is 21.4. The van der Waals surface area contributed by atoms with Crippen LogP contribution >= 0.6 is 12.2 Å². The van der Waals surface area contributed by atoms with Crippen LogP contribution in [0.5, 0.6) is 0 Å². The molecule has 0 N–H and O–H groups in total. The minimum Gasteiger partial charge on any atom is -0.462 e. The zero-order valence-electron chi connectivity index (χ0n) is 15.6. The summed E-state index contributed by atoms with van der Waals surface area (Å²) in [5.74, 6) is -1.75. The van der Waals surface area contributed by atoms with Gasteiger partial charge in [0.15, 0.2) is 5.11 Å². The maximum Gasteiger partial charge on any atom is 0.270 e. The van der Waals surface area contributed by atoms with Gasteiger partial charge in [-0.05, 0) is 73.7 Å². The van der Waals surface area contributed by atoms with Crippen LogP contribution in [0.1, 0.15) is 11.5 Å². The molecular formula is C22H14F2N2O3S. The third-order valence-corrected chi connectivity index (χ3v) is 4.80. The Morgan fingerprint density at radius 2 is 1.40 bits per heavy atom. The van der Waals surface area contributed by atoms with Gasteiger partial charge in [0.2, 0.25) is 0 Å². The highest BCUT2D eigenvalue weighted by atomic mass is 32.1. The van der Waals surface area contributed by atoms with Gasteiger partial charge in [-0.1, -0.05) is 12.1 Å². The lowest BCUT2D eigenvalue weighted by atomic mass is 10.1. The van der Waals surface area contributed by atoms with Crippen LogP contribution in [0, 0.1) is 18.6 Å². The SMILES string of the molecule is Cc1ccc(C=C2C(=O)N(c3cccc(F)c3)C(=S)N(c3cccc(F)c3)C2=O)o1. The minimum atomic E-state index is -0.739. The summed E-state index contributed by atoms with van der Waals surface area (Å²) in [5, 5.41) is -0.214. The summed E-state index contributed by atoms with van der Waals surface area (Å²) < 4.78 is 33.1. The normalized spacial score (nSPS) is 14.5. The number of furan rings is 1. The number of anilines is 2. The largest absolute Gasteiger partial charge is 0.462 e. The number of hydrogen-bond acceptors (Lipinski definition) is 4. The average molecular weight is 424 g/mol. The molecular weight excluding hydrogens is 410 g/mol. The molecule has 5 nitrogen and oxygen atoms in total. The molecule has 0 spiro atoms. The van der Waals surface area contributed by atoms with E-state index in [1.54, 1.807) is 19.1 Å². The Morgan fingerprint density at radius 1 is 0.867 bits per heavy atom. The van der Waals surface area contributed by atoms with Crippen LogP contribution in [-0.4, -0.2) is 16.9 Å². The zero-order valence-corrected chi connectivity index (χ0v) is 16.5. The molecule has 4 rings (SSSR count). The fourth-order valence-corrected chi connectivity index (χ4v) is 3.47. The fourth-order valence-electron chi connectivity index (χ4n) is 3.09. The van der Waals surface area contributed by atoms with E-state index >= 15 is 0 Å². The van der Waals surface area contributed by atoms with E-state index in [0.29, 0.717) is 5.76 Å². The van der Waals surface area contributed by atoms with Crippen LogP contribution < -0.4 is 9.80 Å². The topological polar surface area (TPSA) is 53.8 Å². The van der Waals surface area contributed by atoms with Gasteiger partial charge < -0.3 is 4.42 Å². The van der Waals surface area contributed by atoms with Gasteiger partial charge >= 0.3 is 0 Å². The van der Waals surface area contributed by atoms with Gasteiger partial charge in [-0.25, -0.2) is 8.78 Å². The molecule has 0 radical (unpaired) electrons. The molecule has 2 aromatic carbocycles. The van der Waals surface area contributed by atoms with E-state index in [0.717, 1.165) is 21.9 Å². The lowest BCUT2D eigenvalue weighted by molar-refractivity contribution is -0.120. The van der Waals surface area contributed by atoms with E-state index in [2.05, 4.69) is 0 Å². The highest BCUT2D eigenvalue weighted by Gasteiger charge is 2.41. The van der Waals surface area contributed by atoms with Gasteiger partial charge in [-0.3, -0.25) is 19.4 Å². The molecule has 1 aliphatic heterocycles. The second kappa shape index (κ2) is 7.64. The van der Waals surface area contributed by atoms with E-state index in [1.165, 1.54) is 42.5 Å². The summed E-state index contributed by atoms with van der Waals surface area (Å²) in [6, 6.07) is 13.8. The van der Waals surface area contributed by atoms with Crippen molar-refractivity contribution in [1.29, 1.82) is 0 Å². The summed E-state index contributed by atoms with van der Waals surface area (Å²) in [4.78, 5) is 28.5. The molecule has 0 bridgehead atoms. The molecule has 0 unspecified atom stereocenters. The molecule has 8 heteroatoms. The molecule has 0 atom stereocenters. The highest BCUT2D eigenvalue weighted by Crippen LogP contribution is 2.30. The summed E-state index contributed by atoms with van der Waals surface area (Å²) in [6.45, 7) is 1.72. The quantitative estimate of drug-likeness (QED) is 0.350. The summed E-state index contributed by atoms with van der Waals surface area (Å²) in [7, 11) is 0. The Bertz CT molecular complexity index is 1150. The third-order valence-electron chi connectivity index (χ3n) is 4.43. The van der Waals surface area contributed by atoms with Crippen molar-refractivity contribution >= 4 is 46.6 Å². The predicted molar refractivity (Wildman–Crippen MR) is 112 cm³/mol. The minimum absolute atomic E-state index is 0.139. The molecule has 150 valence electrons. The standard InChI is InChI=1S/C22H14F2N2O3S/c1-13-8-9-18(29-13)12-19-20(27)25(16-6-2-4-14(23)10-16)22(30)26(21(19)28)17-7-3-5-15(24)11-17/h2-12H,1H3. The molecule has 2 heterocycles. The van der Waals surface area contributed by atoms with E-state index in [-0.39, 0.29) is 27.8 Å². The van der Waals surface area contributed by atoms with Gasteiger partial charge in [0.05, 0.1) is 11.4 Å². The molecule has 0 saturated carbocycles. The third kappa shape index (κ3) is 3.53. The Kier molecular flexibility index (Phi) is 5.01. The summed E-state index contributed by atoms with van der Waals surface area (Å²) in [5.41, 5.74) is 0.0207. The molecule has 1 aromatic heterocycles. The first-order valence-electron chi connectivity index (χ1n) is 8.87. The first kappa shape index (κ1) is 19.7. The van der Waals surface area contributed by atoms with Crippen molar-refractivity contribution < 1.29 is 22.8 Å². The molecule has 1 fully saturated rings. The van der Waals surface area contributed by atoms with Gasteiger partial charge in [0.1, 0.15) is 28.7 Å². The Hall–Kier alpha value is -3.65. The first-order chi connectivity index (χ1) is 14.3. The number of rotatable bonds is 3. The average Bonchev–Trinajstić information content (AvgIpc) is 3.10. The highest BCUT2D eigenvalue weighted by molar-refractivity contribution is 7.81. The number of carbonyl (C=O) groups is 2. The van der Waals surface area contributed by atoms with Crippen molar-refractivity contribution in [3.05, 3.63) is 89.4 Å². The smallest absolute Gasteiger partial charge is 0.270 e. The van der Waals surface area contributed by atoms with E-state index < -0.39 is 23.4 Å². The summed E-state index contributed by atoms with van der Waals surface area (Å²) >= 11 is 5.39. The molecule has 30 heavy (non-hydrogen) atoms. The fraction of sp³-hybridized carbons (Fsp3) is 0.0455. The number of nitrogens with zero attached hydrogens (tertiary/aromatic N) is 2. The van der Waals surface area contributed by atoms with Crippen LogP contribution in [0.15, 0.2) is 70.7 Å². The Morgan fingerprint density at radius 3 is 1.83 bits per heavy atom. The predicted octanol–water partition coefficient (Wildman–Crippen LogP) is 4.61. The Labute approximate surface area is 175 Å². The van der Waals surface area contributed by atoms with Crippen LogP contribution in [0.25, 0.3) is 6.08 Å². The molecule has 1 saturated heterocycles.